The quantitative estimate of drug-likeness (QED) is 0.461. The number of benzene rings is 1. The van der Waals surface area contributed by atoms with Crippen molar-refractivity contribution < 1.29 is 9.53 Å². The molecule has 1 aromatic heterocycles. The summed E-state index contributed by atoms with van der Waals surface area (Å²) in [4.78, 5) is 26.7. The van der Waals surface area contributed by atoms with E-state index in [1.165, 1.54) is 5.52 Å². The first-order valence-corrected chi connectivity index (χ1v) is 13.1. The molecule has 0 aliphatic carbocycles. The number of fused-ring (bicyclic) bond motifs is 1. The molecule has 0 bridgehead atoms. The molecule has 0 radical (unpaired) electrons. The predicted molar refractivity (Wildman–Crippen MR) is 146 cm³/mol. The summed E-state index contributed by atoms with van der Waals surface area (Å²) in [6, 6.07) is 9.05. The van der Waals surface area contributed by atoms with E-state index >= 15 is 0 Å². The molecule has 2 aliphatic rings. The monoisotopic (exact) mass is 491 g/mol. The lowest BCUT2D eigenvalue weighted by Crippen LogP contribution is -2.45. The number of hydrogen-bond donors (Lipinski definition) is 0. The highest BCUT2D eigenvalue weighted by atomic mass is 16.6. The van der Waals surface area contributed by atoms with Gasteiger partial charge in [0.1, 0.15) is 11.4 Å². The fourth-order valence-electron chi connectivity index (χ4n) is 5.66. The van der Waals surface area contributed by atoms with E-state index in [2.05, 4.69) is 58.9 Å². The summed E-state index contributed by atoms with van der Waals surface area (Å²) in [5.41, 5.74) is 3.69. The minimum Gasteiger partial charge on any atom is -0.444 e. The van der Waals surface area contributed by atoms with E-state index < -0.39 is 5.60 Å². The summed E-state index contributed by atoms with van der Waals surface area (Å²) >= 11 is 0. The van der Waals surface area contributed by atoms with Gasteiger partial charge in [-0.3, -0.25) is 9.89 Å². The molecule has 2 atom stereocenters. The number of ether oxygens (including phenoxy) is 1. The van der Waals surface area contributed by atoms with Crippen LogP contribution in [0.15, 0.2) is 54.2 Å². The summed E-state index contributed by atoms with van der Waals surface area (Å²) < 4.78 is 8.07. The van der Waals surface area contributed by atoms with Crippen molar-refractivity contribution in [2.75, 3.05) is 20.1 Å². The van der Waals surface area contributed by atoms with Crippen LogP contribution in [0.3, 0.4) is 0 Å². The molecule has 1 aromatic carbocycles. The molecule has 7 heteroatoms. The highest BCUT2D eigenvalue weighted by Gasteiger charge is 2.37. The van der Waals surface area contributed by atoms with Crippen LogP contribution in [0.1, 0.15) is 77.7 Å². The lowest BCUT2D eigenvalue weighted by molar-refractivity contribution is 0.0187. The molecule has 2 fully saturated rings. The van der Waals surface area contributed by atoms with E-state index in [9.17, 15) is 4.79 Å². The van der Waals surface area contributed by atoms with Crippen LogP contribution < -0.4 is 0 Å². The molecular weight excluding hydrogens is 450 g/mol. The number of likely N-dealkylation sites (tertiary alicyclic amines) is 2. The number of carbonyl (C=O) groups excluding carboxylic acids is 1. The Bertz CT molecular complexity index is 1150. The fourth-order valence-corrected chi connectivity index (χ4v) is 5.66. The van der Waals surface area contributed by atoms with Gasteiger partial charge in [0.15, 0.2) is 0 Å². The van der Waals surface area contributed by atoms with Gasteiger partial charge in [-0.1, -0.05) is 25.3 Å². The maximum absolute atomic E-state index is 12.6. The highest BCUT2D eigenvalue weighted by Crippen LogP contribution is 2.38. The SMILES string of the molecule is C=CN=C(C(=C)C)C1CCCC(c2nc3ccccc3n2C2CCN(C(=O)OC(C)(C)C)CC2)N1C. The van der Waals surface area contributed by atoms with Gasteiger partial charge in [0.05, 0.1) is 28.8 Å². The van der Waals surface area contributed by atoms with Crippen molar-refractivity contribution in [3.8, 4) is 0 Å². The van der Waals surface area contributed by atoms with Crippen LogP contribution >= 0.6 is 0 Å². The number of rotatable bonds is 5. The van der Waals surface area contributed by atoms with Crippen LogP contribution in [0.4, 0.5) is 4.79 Å². The van der Waals surface area contributed by atoms with Gasteiger partial charge in [-0.05, 0) is 84.6 Å². The van der Waals surface area contributed by atoms with Gasteiger partial charge >= 0.3 is 6.09 Å². The third-order valence-corrected chi connectivity index (χ3v) is 7.32. The lowest BCUT2D eigenvalue weighted by Gasteiger charge is -2.41. The van der Waals surface area contributed by atoms with E-state index in [1.54, 1.807) is 6.20 Å². The summed E-state index contributed by atoms with van der Waals surface area (Å²) in [6.45, 7) is 17.1. The van der Waals surface area contributed by atoms with Gasteiger partial charge in [-0.2, -0.15) is 0 Å². The average molecular weight is 492 g/mol. The first-order chi connectivity index (χ1) is 17.1. The van der Waals surface area contributed by atoms with Gasteiger partial charge in [0.2, 0.25) is 0 Å². The fraction of sp³-hybridized carbons (Fsp3) is 0.552. The third-order valence-electron chi connectivity index (χ3n) is 7.32. The topological polar surface area (TPSA) is 63.0 Å². The van der Waals surface area contributed by atoms with Crippen molar-refractivity contribution in [1.29, 1.82) is 0 Å². The summed E-state index contributed by atoms with van der Waals surface area (Å²) in [5, 5.41) is 0. The van der Waals surface area contributed by atoms with Crippen molar-refractivity contribution >= 4 is 22.8 Å². The van der Waals surface area contributed by atoms with Crippen LogP contribution in [0.2, 0.25) is 0 Å². The van der Waals surface area contributed by atoms with Gasteiger partial charge in [0.25, 0.3) is 0 Å². The van der Waals surface area contributed by atoms with Crippen molar-refractivity contribution in [3.05, 3.63) is 55.0 Å². The van der Waals surface area contributed by atoms with Crippen LogP contribution in [-0.4, -0.2) is 62.9 Å². The number of aromatic nitrogens is 2. The maximum atomic E-state index is 12.6. The lowest BCUT2D eigenvalue weighted by atomic mass is 9.90. The molecule has 2 aromatic rings. The van der Waals surface area contributed by atoms with E-state index in [-0.39, 0.29) is 24.2 Å². The second-order valence-corrected chi connectivity index (χ2v) is 11.1. The molecule has 2 unspecified atom stereocenters. The Balaban J connectivity index is 1.63. The van der Waals surface area contributed by atoms with Crippen LogP contribution in [0, 0.1) is 0 Å². The van der Waals surface area contributed by atoms with Crippen LogP contribution in [0.25, 0.3) is 11.0 Å². The van der Waals surface area contributed by atoms with E-state index in [0.29, 0.717) is 13.1 Å². The largest absolute Gasteiger partial charge is 0.444 e. The summed E-state index contributed by atoms with van der Waals surface area (Å²) in [7, 11) is 2.19. The zero-order chi connectivity index (χ0) is 26.0. The van der Waals surface area contributed by atoms with Crippen molar-refractivity contribution in [2.24, 2.45) is 4.99 Å². The second kappa shape index (κ2) is 10.6. The number of piperidine rings is 2. The van der Waals surface area contributed by atoms with Crippen molar-refractivity contribution in [1.82, 2.24) is 19.4 Å². The number of hydrogen-bond acceptors (Lipinski definition) is 5. The molecule has 194 valence electrons. The third kappa shape index (κ3) is 5.41. The minimum atomic E-state index is -0.485. The van der Waals surface area contributed by atoms with Gasteiger partial charge < -0.3 is 14.2 Å². The molecular formula is C29H41N5O2. The van der Waals surface area contributed by atoms with Gasteiger partial charge in [0, 0.05) is 25.3 Å². The highest BCUT2D eigenvalue weighted by molar-refractivity contribution is 6.03. The van der Waals surface area contributed by atoms with Crippen molar-refractivity contribution in [3.63, 3.8) is 0 Å². The second-order valence-electron chi connectivity index (χ2n) is 11.1. The molecule has 4 rings (SSSR count). The number of imidazole rings is 1. The normalized spacial score (nSPS) is 22.6. The Kier molecular flexibility index (Phi) is 7.69. The predicted octanol–water partition coefficient (Wildman–Crippen LogP) is 6.29. The Morgan fingerprint density at radius 1 is 1.17 bits per heavy atom. The van der Waals surface area contributed by atoms with E-state index in [0.717, 1.165) is 54.7 Å². The number of carbonyl (C=O) groups is 1. The van der Waals surface area contributed by atoms with E-state index in [4.69, 9.17) is 9.72 Å². The molecule has 0 N–H and O–H groups in total. The van der Waals surface area contributed by atoms with Crippen LogP contribution in [-0.2, 0) is 4.74 Å². The molecule has 0 spiro atoms. The molecule has 36 heavy (non-hydrogen) atoms. The summed E-state index contributed by atoms with van der Waals surface area (Å²) in [5.74, 6) is 1.11. The maximum Gasteiger partial charge on any atom is 0.410 e. The van der Waals surface area contributed by atoms with Crippen LogP contribution in [0.5, 0.6) is 0 Å². The number of nitrogens with zero attached hydrogens (tertiary/aromatic N) is 5. The number of aliphatic imine (C=N–C) groups is 1. The van der Waals surface area contributed by atoms with Gasteiger partial charge in [-0.25, -0.2) is 9.78 Å². The average Bonchev–Trinajstić information content (AvgIpc) is 3.21. The molecule has 0 saturated carbocycles. The van der Waals surface area contributed by atoms with Crippen molar-refractivity contribution in [2.45, 2.75) is 83.5 Å². The standard InChI is InChI=1S/C29H41N5O2/c1-8-30-26(20(2)3)24-14-11-15-25(32(24)7)27-31-22-12-9-10-13-23(22)34(27)21-16-18-33(19-17-21)28(35)36-29(4,5)6/h8-10,12-13,21,24-25H,1-2,11,14-19H2,3-7H3. The number of para-hydroxylation sites is 2. The summed E-state index contributed by atoms with van der Waals surface area (Å²) in [6.07, 6.45) is 6.34. The first-order valence-electron chi connectivity index (χ1n) is 13.1. The molecule has 7 nitrogen and oxygen atoms in total. The van der Waals surface area contributed by atoms with E-state index in [1.807, 2.05) is 32.6 Å². The Hall–Kier alpha value is -2.93. The van der Waals surface area contributed by atoms with Gasteiger partial charge in [-0.15, -0.1) is 0 Å². The zero-order valence-corrected chi connectivity index (χ0v) is 22.5. The molecule has 1 amide bonds. The molecule has 3 heterocycles. The first kappa shape index (κ1) is 26.1. The Morgan fingerprint density at radius 3 is 2.50 bits per heavy atom. The number of amides is 1. The Labute approximate surface area is 215 Å². The molecule has 2 aliphatic heterocycles. The Morgan fingerprint density at radius 2 is 1.86 bits per heavy atom. The minimum absolute atomic E-state index is 0.175. The smallest absolute Gasteiger partial charge is 0.410 e. The zero-order valence-electron chi connectivity index (χ0n) is 22.5. The molecule has 2 saturated heterocycles.